The number of nitrogens with zero attached hydrogens (tertiary/aromatic N) is 3. The third-order valence-corrected chi connectivity index (χ3v) is 6.19. The summed E-state index contributed by atoms with van der Waals surface area (Å²) in [5, 5.41) is 12.8. The summed E-state index contributed by atoms with van der Waals surface area (Å²) in [6, 6.07) is 7.60. The Bertz CT molecular complexity index is 1010. The first-order valence-electron chi connectivity index (χ1n) is 9.41. The molecule has 0 aliphatic rings. The smallest absolute Gasteiger partial charge is 0.290 e. The van der Waals surface area contributed by atoms with Crippen LogP contribution in [0.3, 0.4) is 0 Å². The maximum Gasteiger partial charge on any atom is 0.290 e. The highest BCUT2D eigenvalue weighted by molar-refractivity contribution is 8.00. The van der Waals surface area contributed by atoms with Gasteiger partial charge in [-0.05, 0) is 33.8 Å². The van der Waals surface area contributed by atoms with Crippen molar-refractivity contribution in [2.45, 2.75) is 43.8 Å². The number of rotatable bonds is 8. The predicted octanol–water partition coefficient (Wildman–Crippen LogP) is 3.87. The summed E-state index contributed by atoms with van der Waals surface area (Å²) in [6.07, 6.45) is 0. The monoisotopic (exact) mass is 432 g/mol. The summed E-state index contributed by atoms with van der Waals surface area (Å²) in [7, 11) is 0. The number of amides is 2. The van der Waals surface area contributed by atoms with Crippen molar-refractivity contribution in [3.05, 3.63) is 40.6 Å². The van der Waals surface area contributed by atoms with Gasteiger partial charge in [-0.1, -0.05) is 41.3 Å². The van der Waals surface area contributed by atoms with Crippen LogP contribution in [0.4, 0.5) is 0 Å². The number of carbonyl (C=O) groups is 2. The minimum atomic E-state index is -0.286. The van der Waals surface area contributed by atoms with Gasteiger partial charge >= 0.3 is 0 Å². The van der Waals surface area contributed by atoms with Gasteiger partial charge in [0.1, 0.15) is 10.6 Å². The van der Waals surface area contributed by atoms with E-state index in [4.69, 9.17) is 4.42 Å². The fraction of sp³-hybridized carbons (Fsp3) is 0.400. The summed E-state index contributed by atoms with van der Waals surface area (Å²) in [5.74, 6) is 0.333. The number of furan rings is 1. The van der Waals surface area contributed by atoms with Gasteiger partial charge in [-0.3, -0.25) is 9.59 Å². The van der Waals surface area contributed by atoms with Crippen molar-refractivity contribution in [2.75, 3.05) is 13.1 Å². The average molecular weight is 433 g/mol. The molecule has 154 valence electrons. The quantitative estimate of drug-likeness (QED) is 0.544. The molecule has 0 spiro atoms. The predicted molar refractivity (Wildman–Crippen MR) is 115 cm³/mol. The van der Waals surface area contributed by atoms with Gasteiger partial charge < -0.3 is 14.6 Å². The second-order valence-corrected chi connectivity index (χ2v) is 9.23. The molecule has 0 radical (unpaired) electrons. The standard InChI is InChI=1S/C20H24N4O3S2/c1-5-24(10-17(25)21-12(2)3)19(26)18-15(11-28-20-23-22-13(4)29-20)14-8-6-7-9-16(14)27-18/h6-9,12H,5,10-11H2,1-4H3,(H,21,25). The number of hydrogen-bond donors (Lipinski definition) is 1. The Morgan fingerprint density at radius 1 is 1.28 bits per heavy atom. The molecular weight excluding hydrogens is 408 g/mol. The molecule has 0 unspecified atom stereocenters. The molecule has 0 fully saturated rings. The van der Waals surface area contributed by atoms with E-state index in [-0.39, 0.29) is 30.2 Å². The first-order valence-corrected chi connectivity index (χ1v) is 11.2. The number of hydrogen-bond acceptors (Lipinski definition) is 7. The van der Waals surface area contributed by atoms with Crippen molar-refractivity contribution in [3.63, 3.8) is 0 Å². The van der Waals surface area contributed by atoms with Crippen LogP contribution >= 0.6 is 23.1 Å². The van der Waals surface area contributed by atoms with E-state index in [0.717, 1.165) is 20.3 Å². The number of fused-ring (bicyclic) bond motifs is 1. The number of aromatic nitrogens is 2. The molecule has 0 aliphatic heterocycles. The molecule has 1 aromatic carbocycles. The van der Waals surface area contributed by atoms with Crippen LogP contribution in [-0.4, -0.2) is 46.0 Å². The summed E-state index contributed by atoms with van der Waals surface area (Å²) in [5.41, 5.74) is 1.47. The third kappa shape index (κ3) is 5.16. The summed E-state index contributed by atoms with van der Waals surface area (Å²) in [4.78, 5) is 26.9. The highest BCUT2D eigenvalue weighted by Crippen LogP contribution is 2.33. The van der Waals surface area contributed by atoms with Gasteiger partial charge in [0.15, 0.2) is 10.1 Å². The molecule has 0 bridgehead atoms. The lowest BCUT2D eigenvalue weighted by molar-refractivity contribution is -0.122. The van der Waals surface area contributed by atoms with Gasteiger partial charge in [0.25, 0.3) is 5.91 Å². The molecule has 29 heavy (non-hydrogen) atoms. The lowest BCUT2D eigenvalue weighted by Gasteiger charge is -2.20. The average Bonchev–Trinajstić information content (AvgIpc) is 3.26. The number of benzene rings is 1. The maximum absolute atomic E-state index is 13.2. The highest BCUT2D eigenvalue weighted by Gasteiger charge is 2.26. The van der Waals surface area contributed by atoms with E-state index in [1.54, 1.807) is 0 Å². The number of nitrogens with one attached hydrogen (secondary N) is 1. The van der Waals surface area contributed by atoms with Crippen molar-refractivity contribution >= 4 is 45.9 Å². The zero-order valence-corrected chi connectivity index (χ0v) is 18.5. The van der Waals surface area contributed by atoms with Gasteiger partial charge in [0.05, 0.1) is 6.54 Å². The number of likely N-dealkylation sites (N-methyl/N-ethyl adjacent to an activating group) is 1. The zero-order chi connectivity index (χ0) is 21.0. The molecule has 2 heterocycles. The van der Waals surface area contributed by atoms with Crippen molar-refractivity contribution in [2.24, 2.45) is 0 Å². The number of thioether (sulfide) groups is 1. The van der Waals surface area contributed by atoms with Crippen LogP contribution in [0.25, 0.3) is 11.0 Å². The van der Waals surface area contributed by atoms with E-state index in [1.165, 1.54) is 28.0 Å². The lowest BCUT2D eigenvalue weighted by Crippen LogP contribution is -2.42. The van der Waals surface area contributed by atoms with Crippen LogP contribution in [0.1, 0.15) is 41.9 Å². The molecule has 7 nitrogen and oxygen atoms in total. The van der Waals surface area contributed by atoms with E-state index < -0.39 is 0 Å². The number of aryl methyl sites for hydroxylation is 1. The normalized spacial score (nSPS) is 11.2. The second kappa shape index (κ2) is 9.41. The molecule has 0 aliphatic carbocycles. The van der Waals surface area contributed by atoms with Crippen LogP contribution in [-0.2, 0) is 10.5 Å². The Balaban J connectivity index is 1.88. The summed E-state index contributed by atoms with van der Waals surface area (Å²) < 4.78 is 6.77. The third-order valence-electron chi connectivity index (χ3n) is 4.19. The van der Waals surface area contributed by atoms with Crippen LogP contribution in [0.15, 0.2) is 33.0 Å². The van der Waals surface area contributed by atoms with Gasteiger partial charge in [0.2, 0.25) is 5.91 Å². The van der Waals surface area contributed by atoms with Crippen molar-refractivity contribution in [1.29, 1.82) is 0 Å². The first kappa shape index (κ1) is 21.3. The van der Waals surface area contributed by atoms with Crippen LogP contribution in [0.2, 0.25) is 0 Å². The minimum Gasteiger partial charge on any atom is -0.451 e. The van der Waals surface area contributed by atoms with E-state index in [2.05, 4.69) is 15.5 Å². The van der Waals surface area contributed by atoms with Gasteiger partial charge in [-0.2, -0.15) is 0 Å². The Morgan fingerprint density at radius 3 is 2.69 bits per heavy atom. The van der Waals surface area contributed by atoms with Crippen LogP contribution < -0.4 is 5.32 Å². The molecule has 2 aromatic heterocycles. The molecule has 0 saturated carbocycles. The topological polar surface area (TPSA) is 88.3 Å². The van der Waals surface area contributed by atoms with E-state index in [0.29, 0.717) is 17.9 Å². The van der Waals surface area contributed by atoms with Crippen LogP contribution in [0, 0.1) is 6.92 Å². The van der Waals surface area contributed by atoms with Crippen molar-refractivity contribution in [3.8, 4) is 0 Å². The highest BCUT2D eigenvalue weighted by atomic mass is 32.2. The first-order chi connectivity index (χ1) is 13.9. The fourth-order valence-corrected chi connectivity index (χ4v) is 4.74. The SMILES string of the molecule is CCN(CC(=O)NC(C)C)C(=O)c1oc2ccccc2c1CSc1nnc(C)s1. The molecule has 2 amide bonds. The Hall–Kier alpha value is -2.39. The molecule has 3 rings (SSSR count). The molecule has 0 atom stereocenters. The lowest BCUT2D eigenvalue weighted by atomic mass is 10.1. The molecule has 1 N–H and O–H groups in total. The number of carbonyl (C=O) groups excluding carboxylic acids is 2. The molecule has 9 heteroatoms. The van der Waals surface area contributed by atoms with E-state index in [9.17, 15) is 9.59 Å². The second-order valence-electron chi connectivity index (χ2n) is 6.82. The van der Waals surface area contributed by atoms with E-state index >= 15 is 0 Å². The summed E-state index contributed by atoms with van der Waals surface area (Å²) in [6.45, 7) is 7.93. The fourth-order valence-electron chi connectivity index (χ4n) is 2.90. The molecular formula is C20H24N4O3S2. The van der Waals surface area contributed by atoms with Gasteiger partial charge in [-0.25, -0.2) is 0 Å². The van der Waals surface area contributed by atoms with Crippen molar-refractivity contribution < 1.29 is 14.0 Å². The van der Waals surface area contributed by atoms with E-state index in [1.807, 2.05) is 52.0 Å². The van der Waals surface area contributed by atoms with Crippen molar-refractivity contribution in [1.82, 2.24) is 20.4 Å². The number of para-hydroxylation sites is 1. The van der Waals surface area contributed by atoms with Gasteiger partial charge in [-0.15, -0.1) is 10.2 Å². The zero-order valence-electron chi connectivity index (χ0n) is 16.9. The minimum absolute atomic E-state index is 0.00721. The maximum atomic E-state index is 13.2. The van der Waals surface area contributed by atoms with Crippen LogP contribution in [0.5, 0.6) is 0 Å². The Kier molecular flexibility index (Phi) is 6.92. The molecule has 0 saturated heterocycles. The van der Waals surface area contributed by atoms with Gasteiger partial charge in [0, 0.05) is 29.3 Å². The Labute approximate surface area is 177 Å². The summed E-state index contributed by atoms with van der Waals surface area (Å²) >= 11 is 3.04. The molecule has 3 aromatic rings. The Morgan fingerprint density at radius 2 is 2.03 bits per heavy atom. The largest absolute Gasteiger partial charge is 0.451 e.